The van der Waals surface area contributed by atoms with E-state index in [0.717, 1.165) is 0 Å². The third-order valence-electron chi connectivity index (χ3n) is 1.75. The minimum absolute atomic E-state index is 1.20. The predicted molar refractivity (Wildman–Crippen MR) is 54.7 cm³/mol. The summed E-state index contributed by atoms with van der Waals surface area (Å²) in [6.45, 7) is 8.89. The van der Waals surface area contributed by atoms with E-state index in [1.807, 2.05) is 13.8 Å². The van der Waals surface area contributed by atoms with Crippen LogP contribution in [0.4, 0.5) is 0 Å². The summed E-state index contributed by atoms with van der Waals surface area (Å²) >= 11 is 0. The molecule has 0 radical (unpaired) electrons. The van der Waals surface area contributed by atoms with Gasteiger partial charge in [0.25, 0.3) is 0 Å². The highest BCUT2D eigenvalue weighted by molar-refractivity contribution is 7.13. The first-order valence-electron chi connectivity index (χ1n) is 4.47. The van der Waals surface area contributed by atoms with Gasteiger partial charge >= 0.3 is 0 Å². The summed E-state index contributed by atoms with van der Waals surface area (Å²) in [7, 11) is 4.95. The summed E-state index contributed by atoms with van der Waals surface area (Å²) in [6, 6.07) is 0. The molecule has 1 atom stereocenters. The van der Waals surface area contributed by atoms with Crippen molar-refractivity contribution < 1.29 is 0 Å². The maximum Gasteiger partial charge on any atom is 0.0144 e. The van der Waals surface area contributed by atoms with E-state index in [9.17, 15) is 0 Å². The van der Waals surface area contributed by atoms with Gasteiger partial charge in [-0.3, -0.25) is 4.67 Å². The average molecular weight is 176 g/mol. The highest BCUT2D eigenvalue weighted by Crippen LogP contribution is 2.04. The van der Waals surface area contributed by atoms with Gasteiger partial charge in [-0.05, 0) is 20.0 Å². The van der Waals surface area contributed by atoms with Gasteiger partial charge in [0.2, 0.25) is 0 Å². The van der Waals surface area contributed by atoms with Crippen LogP contribution in [0, 0.1) is 0 Å². The molecule has 0 saturated carbocycles. The van der Waals surface area contributed by atoms with Crippen molar-refractivity contribution in [2.75, 3.05) is 33.2 Å². The molecule has 1 unspecified atom stereocenters. The third-order valence-corrected chi connectivity index (χ3v) is 2.27. The van der Waals surface area contributed by atoms with Crippen molar-refractivity contribution in [2.24, 2.45) is 0 Å². The van der Waals surface area contributed by atoms with Crippen LogP contribution in [0.2, 0.25) is 0 Å². The van der Waals surface area contributed by atoms with E-state index in [0.29, 0.717) is 0 Å². The Morgan fingerprint density at radius 2 is 1.64 bits per heavy atom. The van der Waals surface area contributed by atoms with E-state index in [1.165, 1.54) is 32.6 Å². The van der Waals surface area contributed by atoms with Crippen LogP contribution in [0.5, 0.6) is 0 Å². The van der Waals surface area contributed by atoms with Crippen LogP contribution in [-0.4, -0.2) is 42.8 Å². The fourth-order valence-corrected chi connectivity index (χ4v) is 1.36. The van der Waals surface area contributed by atoms with Crippen molar-refractivity contribution in [2.45, 2.75) is 20.3 Å². The number of likely N-dealkylation sites (N-methyl/N-ethyl adjacent to an activating group) is 1. The maximum absolute atomic E-state index is 2.76. The molecule has 1 saturated heterocycles. The first kappa shape index (κ1) is 11.4. The Morgan fingerprint density at radius 3 is 2.27 bits per heavy atom. The van der Waals surface area contributed by atoms with E-state index in [-0.39, 0.29) is 0 Å². The van der Waals surface area contributed by atoms with Gasteiger partial charge in [-0.15, -0.1) is 0 Å². The Labute approximate surface area is 73.2 Å². The maximum atomic E-state index is 2.76. The van der Waals surface area contributed by atoms with E-state index in [2.05, 4.69) is 26.0 Å². The van der Waals surface area contributed by atoms with Crippen molar-refractivity contribution >= 4 is 9.39 Å². The first-order chi connectivity index (χ1) is 5.29. The van der Waals surface area contributed by atoms with Crippen LogP contribution in [-0.2, 0) is 0 Å². The molecule has 3 heteroatoms. The lowest BCUT2D eigenvalue weighted by Gasteiger charge is -2.12. The smallest absolute Gasteiger partial charge is 0.0144 e. The largest absolute Gasteiger partial charge is 0.305 e. The van der Waals surface area contributed by atoms with Gasteiger partial charge in [-0.25, -0.2) is 0 Å². The first-order valence-corrected chi connectivity index (χ1v) is 4.99. The quantitative estimate of drug-likeness (QED) is 0.515. The monoisotopic (exact) mass is 176 g/mol. The summed E-state index contributed by atoms with van der Waals surface area (Å²) < 4.78 is 2.31. The van der Waals surface area contributed by atoms with Crippen molar-refractivity contribution in [3.63, 3.8) is 0 Å². The minimum Gasteiger partial charge on any atom is -0.305 e. The van der Waals surface area contributed by atoms with Crippen LogP contribution < -0.4 is 0 Å². The Bertz CT molecular complexity index is 78.2. The molecule has 11 heavy (non-hydrogen) atoms. The molecule has 2 nitrogen and oxygen atoms in total. The molecule has 68 valence electrons. The molecule has 0 aromatic rings. The second-order valence-electron chi connectivity index (χ2n) is 2.69. The number of hydrogen-bond donors (Lipinski definition) is 0. The predicted octanol–water partition coefficient (Wildman–Crippen LogP) is 1.44. The SMILES string of the molecule is CC.CN1CCCN(P)CC1. The van der Waals surface area contributed by atoms with Gasteiger partial charge in [-0.2, -0.15) is 0 Å². The molecule has 0 aromatic carbocycles. The second kappa shape index (κ2) is 7.02. The lowest BCUT2D eigenvalue weighted by Crippen LogP contribution is -2.22. The van der Waals surface area contributed by atoms with Crippen LogP contribution in [0.25, 0.3) is 0 Å². The molecule has 1 fully saturated rings. The Hall–Kier alpha value is 0.350. The highest BCUT2D eigenvalue weighted by Gasteiger charge is 2.06. The summed E-state index contributed by atoms with van der Waals surface area (Å²) in [5.74, 6) is 0. The summed E-state index contributed by atoms with van der Waals surface area (Å²) in [5.41, 5.74) is 0. The molecule has 1 rings (SSSR count). The lowest BCUT2D eigenvalue weighted by molar-refractivity contribution is 0.351. The topological polar surface area (TPSA) is 6.48 Å². The third kappa shape index (κ3) is 5.60. The molecular weight excluding hydrogens is 155 g/mol. The molecule has 0 bridgehead atoms. The number of rotatable bonds is 0. The summed E-state index contributed by atoms with van der Waals surface area (Å²) in [6.07, 6.45) is 1.31. The number of nitrogens with zero attached hydrogens (tertiary/aromatic N) is 2. The zero-order valence-electron chi connectivity index (χ0n) is 8.01. The molecule has 0 amide bonds. The number of hydrogen-bond acceptors (Lipinski definition) is 2. The van der Waals surface area contributed by atoms with E-state index in [4.69, 9.17) is 0 Å². The summed E-state index contributed by atoms with van der Waals surface area (Å²) in [5, 5.41) is 0. The fraction of sp³-hybridized carbons (Fsp3) is 1.00. The molecular formula is C8H21N2P. The van der Waals surface area contributed by atoms with E-state index in [1.54, 1.807) is 0 Å². The molecule has 0 spiro atoms. The van der Waals surface area contributed by atoms with Gasteiger partial charge in [0.15, 0.2) is 0 Å². The van der Waals surface area contributed by atoms with Gasteiger partial charge in [0, 0.05) is 19.6 Å². The van der Waals surface area contributed by atoms with Crippen molar-refractivity contribution in [1.29, 1.82) is 0 Å². The van der Waals surface area contributed by atoms with E-state index >= 15 is 0 Å². The van der Waals surface area contributed by atoms with E-state index < -0.39 is 0 Å². The molecule has 1 aliphatic rings. The van der Waals surface area contributed by atoms with Crippen LogP contribution in [0.1, 0.15) is 20.3 Å². The molecule has 1 heterocycles. The minimum atomic E-state index is 1.20. The van der Waals surface area contributed by atoms with Gasteiger partial charge < -0.3 is 4.90 Å². The zero-order valence-corrected chi connectivity index (χ0v) is 9.16. The normalized spacial score (nSPS) is 21.8. The Kier molecular flexibility index (Phi) is 7.25. The van der Waals surface area contributed by atoms with Crippen LogP contribution >= 0.6 is 9.39 Å². The Balaban J connectivity index is 0.000000461. The lowest BCUT2D eigenvalue weighted by atomic mass is 10.4. The van der Waals surface area contributed by atoms with Crippen LogP contribution in [0.3, 0.4) is 0 Å². The van der Waals surface area contributed by atoms with Crippen molar-refractivity contribution in [3.8, 4) is 0 Å². The van der Waals surface area contributed by atoms with Gasteiger partial charge in [-0.1, -0.05) is 23.2 Å². The molecule has 0 aliphatic carbocycles. The Morgan fingerprint density at radius 1 is 1.00 bits per heavy atom. The highest BCUT2D eigenvalue weighted by atomic mass is 31.0. The second-order valence-corrected chi connectivity index (χ2v) is 3.42. The summed E-state index contributed by atoms with van der Waals surface area (Å²) in [4.78, 5) is 2.38. The molecule has 0 N–H and O–H groups in total. The van der Waals surface area contributed by atoms with Crippen molar-refractivity contribution in [3.05, 3.63) is 0 Å². The molecule has 0 aromatic heterocycles. The van der Waals surface area contributed by atoms with Gasteiger partial charge in [0.1, 0.15) is 0 Å². The zero-order chi connectivity index (χ0) is 8.69. The molecule has 1 aliphatic heterocycles. The van der Waals surface area contributed by atoms with Gasteiger partial charge in [0.05, 0.1) is 0 Å². The standard InChI is InChI=1S/C6H15N2P.C2H6/c1-7-3-2-4-8(9)6-5-7;1-2/h2-6,9H2,1H3;1-2H3. The average Bonchev–Trinajstić information content (AvgIpc) is 2.20. The fourth-order valence-electron chi connectivity index (χ4n) is 1.07. The van der Waals surface area contributed by atoms with Crippen LogP contribution in [0.15, 0.2) is 0 Å². The van der Waals surface area contributed by atoms with Crippen molar-refractivity contribution in [1.82, 2.24) is 9.57 Å².